The summed E-state index contributed by atoms with van der Waals surface area (Å²) in [5.41, 5.74) is 5.72. The average molecular weight is 284 g/mol. The van der Waals surface area contributed by atoms with Crippen molar-refractivity contribution in [2.45, 2.75) is 17.0 Å². The number of anilines is 1. The van der Waals surface area contributed by atoms with E-state index in [1.54, 1.807) is 12.1 Å². The smallest absolute Gasteiger partial charge is 0.384 e. The van der Waals surface area contributed by atoms with Crippen LogP contribution in [0.4, 0.5) is 19.0 Å². The van der Waals surface area contributed by atoms with Gasteiger partial charge in [-0.2, -0.15) is 13.2 Å². The second kappa shape index (κ2) is 5.52. The van der Waals surface area contributed by atoms with Crippen LogP contribution in [-0.2, 0) is 11.9 Å². The molecule has 0 saturated carbocycles. The third-order valence-electron chi connectivity index (χ3n) is 2.41. The lowest BCUT2D eigenvalue weighted by atomic mass is 10.1. The first-order valence-corrected chi connectivity index (χ1v) is 6.45. The number of hydrogen-bond donors (Lipinski definition) is 1. The number of benzene rings is 1. The highest BCUT2D eigenvalue weighted by Gasteiger charge is 2.29. The van der Waals surface area contributed by atoms with E-state index < -0.39 is 11.7 Å². The second-order valence-corrected chi connectivity index (χ2v) is 4.88. The van der Waals surface area contributed by atoms with Crippen LogP contribution in [0.5, 0.6) is 0 Å². The van der Waals surface area contributed by atoms with Gasteiger partial charge in [0.25, 0.3) is 0 Å². The predicted molar refractivity (Wildman–Crippen MR) is 69.7 cm³/mol. The van der Waals surface area contributed by atoms with Crippen LogP contribution >= 0.6 is 11.8 Å². The van der Waals surface area contributed by atoms with Crippen LogP contribution in [0.2, 0.25) is 0 Å². The molecule has 0 radical (unpaired) electrons. The summed E-state index contributed by atoms with van der Waals surface area (Å²) >= 11 is 1.43. The number of nitrogens with two attached hydrogens (primary N) is 1. The summed E-state index contributed by atoms with van der Waals surface area (Å²) in [4.78, 5) is 4.11. The topological polar surface area (TPSA) is 38.9 Å². The Morgan fingerprint density at radius 3 is 2.32 bits per heavy atom. The van der Waals surface area contributed by atoms with Crippen molar-refractivity contribution in [1.82, 2.24) is 4.98 Å². The van der Waals surface area contributed by atoms with Gasteiger partial charge < -0.3 is 5.73 Å². The number of hydrogen-bond acceptors (Lipinski definition) is 3. The third-order valence-corrected chi connectivity index (χ3v) is 3.41. The predicted octanol–water partition coefficient (Wildman–Crippen LogP) is 3.97. The molecular weight excluding hydrogens is 273 g/mol. The van der Waals surface area contributed by atoms with Gasteiger partial charge in [0.1, 0.15) is 5.82 Å². The summed E-state index contributed by atoms with van der Waals surface area (Å²) in [6, 6.07) is 10.4. The number of halogens is 3. The maximum atomic E-state index is 12.4. The molecule has 0 aliphatic carbocycles. The molecule has 19 heavy (non-hydrogen) atoms. The molecular formula is C13H11F3N2S. The first-order valence-electron chi connectivity index (χ1n) is 5.46. The molecule has 0 bridgehead atoms. The van der Waals surface area contributed by atoms with Crippen molar-refractivity contribution in [3.8, 4) is 0 Å². The van der Waals surface area contributed by atoms with E-state index in [0.717, 1.165) is 22.7 Å². The average Bonchev–Trinajstić information content (AvgIpc) is 2.36. The Labute approximate surface area is 112 Å². The fraction of sp³-hybridized carbons (Fsp3) is 0.154. The van der Waals surface area contributed by atoms with Gasteiger partial charge in [-0.3, -0.25) is 0 Å². The van der Waals surface area contributed by atoms with Gasteiger partial charge in [0, 0.05) is 5.75 Å². The minimum absolute atomic E-state index is 0.428. The van der Waals surface area contributed by atoms with E-state index >= 15 is 0 Å². The number of nitrogens with zero attached hydrogens (tertiary/aromatic N) is 1. The van der Waals surface area contributed by atoms with Crippen LogP contribution in [0.1, 0.15) is 11.1 Å². The SMILES string of the molecule is Nc1cccc(SCc2ccc(C(F)(F)F)cc2)n1. The number of nitrogen functional groups attached to an aromatic ring is 1. The molecule has 0 unspecified atom stereocenters. The van der Waals surface area contributed by atoms with E-state index in [-0.39, 0.29) is 0 Å². The highest BCUT2D eigenvalue weighted by atomic mass is 32.2. The molecule has 2 N–H and O–H groups in total. The van der Waals surface area contributed by atoms with Crippen LogP contribution in [0, 0.1) is 0 Å². The summed E-state index contributed by atoms with van der Waals surface area (Å²) in [5, 5.41) is 0.750. The summed E-state index contributed by atoms with van der Waals surface area (Å²) in [5.74, 6) is 0.978. The van der Waals surface area contributed by atoms with Gasteiger partial charge in [0.05, 0.1) is 10.6 Å². The highest BCUT2D eigenvalue weighted by Crippen LogP contribution is 2.30. The normalized spacial score (nSPS) is 11.5. The Bertz CT molecular complexity index is 553. The maximum Gasteiger partial charge on any atom is 0.416 e. The van der Waals surface area contributed by atoms with Gasteiger partial charge in [0.15, 0.2) is 0 Å². The van der Waals surface area contributed by atoms with Crippen LogP contribution in [0.3, 0.4) is 0 Å². The molecule has 0 amide bonds. The number of thioether (sulfide) groups is 1. The lowest BCUT2D eigenvalue weighted by Crippen LogP contribution is -2.04. The van der Waals surface area contributed by atoms with E-state index in [1.165, 1.54) is 23.9 Å². The number of pyridine rings is 1. The minimum Gasteiger partial charge on any atom is -0.384 e. The molecule has 0 spiro atoms. The van der Waals surface area contributed by atoms with Gasteiger partial charge in [0.2, 0.25) is 0 Å². The zero-order valence-electron chi connectivity index (χ0n) is 9.82. The molecule has 6 heteroatoms. The van der Waals surface area contributed by atoms with Crippen LogP contribution in [0.15, 0.2) is 47.5 Å². The molecule has 0 aliphatic heterocycles. The molecule has 0 aliphatic rings. The van der Waals surface area contributed by atoms with Gasteiger partial charge in [-0.25, -0.2) is 4.98 Å². The van der Waals surface area contributed by atoms with E-state index in [4.69, 9.17) is 5.73 Å². The second-order valence-electron chi connectivity index (χ2n) is 3.88. The zero-order chi connectivity index (χ0) is 13.9. The molecule has 1 aromatic heterocycles. The Hall–Kier alpha value is -1.69. The minimum atomic E-state index is -4.29. The van der Waals surface area contributed by atoms with Crippen LogP contribution in [0.25, 0.3) is 0 Å². The Balaban J connectivity index is 2.01. The van der Waals surface area contributed by atoms with Gasteiger partial charge >= 0.3 is 6.18 Å². The standard InChI is InChI=1S/C13H11F3N2S/c14-13(15,16)10-6-4-9(5-7-10)8-19-12-3-1-2-11(17)18-12/h1-7H,8H2,(H2,17,18). The summed E-state index contributed by atoms with van der Waals surface area (Å²) < 4.78 is 37.2. The van der Waals surface area contributed by atoms with Gasteiger partial charge in [-0.15, -0.1) is 11.8 Å². The Morgan fingerprint density at radius 2 is 1.74 bits per heavy atom. The number of aromatic nitrogens is 1. The van der Waals surface area contributed by atoms with Crippen LogP contribution in [-0.4, -0.2) is 4.98 Å². The fourth-order valence-electron chi connectivity index (χ4n) is 1.46. The molecule has 1 aromatic carbocycles. The Morgan fingerprint density at radius 1 is 1.05 bits per heavy atom. The fourth-order valence-corrected chi connectivity index (χ4v) is 2.31. The van der Waals surface area contributed by atoms with Gasteiger partial charge in [-0.1, -0.05) is 18.2 Å². The van der Waals surface area contributed by atoms with Crippen molar-refractivity contribution in [2.75, 3.05) is 5.73 Å². The summed E-state index contributed by atoms with van der Waals surface area (Å²) in [6.07, 6.45) is -4.29. The van der Waals surface area contributed by atoms with E-state index in [1.807, 2.05) is 6.07 Å². The molecule has 2 nitrogen and oxygen atoms in total. The molecule has 100 valence electrons. The maximum absolute atomic E-state index is 12.4. The third kappa shape index (κ3) is 3.89. The highest BCUT2D eigenvalue weighted by molar-refractivity contribution is 7.98. The molecule has 2 aromatic rings. The molecule has 1 heterocycles. The van der Waals surface area contributed by atoms with E-state index in [0.29, 0.717) is 11.6 Å². The Kier molecular flexibility index (Phi) is 3.99. The van der Waals surface area contributed by atoms with Crippen molar-refractivity contribution in [3.05, 3.63) is 53.6 Å². The van der Waals surface area contributed by atoms with Crippen molar-refractivity contribution in [2.24, 2.45) is 0 Å². The van der Waals surface area contributed by atoms with Gasteiger partial charge in [-0.05, 0) is 29.8 Å². The van der Waals surface area contributed by atoms with E-state index in [2.05, 4.69) is 4.98 Å². The largest absolute Gasteiger partial charge is 0.416 e. The summed E-state index contributed by atoms with van der Waals surface area (Å²) in [6.45, 7) is 0. The molecule has 2 rings (SSSR count). The molecule has 0 atom stereocenters. The lowest BCUT2D eigenvalue weighted by molar-refractivity contribution is -0.137. The van der Waals surface area contributed by atoms with Crippen molar-refractivity contribution in [3.63, 3.8) is 0 Å². The number of rotatable bonds is 3. The molecule has 0 saturated heterocycles. The quantitative estimate of drug-likeness (QED) is 0.867. The summed E-state index contributed by atoms with van der Waals surface area (Å²) in [7, 11) is 0. The lowest BCUT2D eigenvalue weighted by Gasteiger charge is -2.07. The first kappa shape index (κ1) is 13.7. The van der Waals surface area contributed by atoms with Crippen LogP contribution < -0.4 is 5.73 Å². The molecule has 0 fully saturated rings. The van der Waals surface area contributed by atoms with Crippen molar-refractivity contribution >= 4 is 17.6 Å². The number of alkyl halides is 3. The van der Waals surface area contributed by atoms with E-state index in [9.17, 15) is 13.2 Å². The zero-order valence-corrected chi connectivity index (χ0v) is 10.6. The monoisotopic (exact) mass is 284 g/mol. The van der Waals surface area contributed by atoms with Crippen molar-refractivity contribution in [1.29, 1.82) is 0 Å². The first-order chi connectivity index (χ1) is 8.95. The van der Waals surface area contributed by atoms with Crippen molar-refractivity contribution < 1.29 is 13.2 Å².